The summed E-state index contributed by atoms with van der Waals surface area (Å²) in [7, 11) is 0. The van der Waals surface area contributed by atoms with E-state index in [1.807, 2.05) is 60.7 Å². The van der Waals surface area contributed by atoms with Crippen molar-refractivity contribution in [2.45, 2.75) is 38.1 Å². The van der Waals surface area contributed by atoms with E-state index in [1.165, 1.54) is 4.90 Å². The highest BCUT2D eigenvalue weighted by molar-refractivity contribution is 5.78. The molecule has 2 heterocycles. The Labute approximate surface area is 229 Å². The molecule has 0 saturated carbocycles. The first kappa shape index (κ1) is 26.7. The third kappa shape index (κ3) is 7.34. The molecule has 4 aromatic rings. The van der Waals surface area contributed by atoms with E-state index in [-0.39, 0.29) is 18.6 Å². The number of fused-ring (bicyclic) bond motifs is 1. The van der Waals surface area contributed by atoms with Crippen molar-refractivity contribution in [3.63, 3.8) is 0 Å². The van der Waals surface area contributed by atoms with Crippen LogP contribution in [0.4, 0.5) is 4.79 Å². The summed E-state index contributed by atoms with van der Waals surface area (Å²) in [5.41, 5.74) is 4.18. The van der Waals surface area contributed by atoms with Crippen LogP contribution in [-0.4, -0.2) is 48.4 Å². The molecule has 0 aliphatic carbocycles. The van der Waals surface area contributed by atoms with Crippen molar-refractivity contribution in [3.8, 4) is 5.75 Å². The maximum absolute atomic E-state index is 11.6. The van der Waals surface area contributed by atoms with E-state index in [1.54, 1.807) is 6.20 Å². The number of hydrogen-bond donors (Lipinski definition) is 0. The highest BCUT2D eigenvalue weighted by atomic mass is 16.5. The van der Waals surface area contributed by atoms with Crippen LogP contribution in [-0.2, 0) is 22.7 Å². The minimum absolute atomic E-state index is 0.0691. The molecule has 1 saturated heterocycles. The van der Waals surface area contributed by atoms with Gasteiger partial charge in [0.2, 0.25) is 0 Å². The highest BCUT2D eigenvalue weighted by Gasteiger charge is 2.31. The number of nitrogens with zero attached hydrogens (tertiary/aromatic N) is 2. The Balaban J connectivity index is 1.14. The van der Waals surface area contributed by atoms with Gasteiger partial charge in [0.25, 0.3) is 0 Å². The number of carboxylic acid groups (broad SMARTS) is 1. The lowest BCUT2D eigenvalue weighted by molar-refractivity contribution is -0.268. The van der Waals surface area contributed by atoms with Crippen LogP contribution in [0.1, 0.15) is 35.4 Å². The van der Waals surface area contributed by atoms with Crippen LogP contribution in [0.5, 0.6) is 5.75 Å². The number of aromatic nitrogens is 1. The molecule has 2 unspecified atom stereocenters. The van der Waals surface area contributed by atoms with Crippen LogP contribution in [0.15, 0.2) is 91.1 Å². The van der Waals surface area contributed by atoms with Gasteiger partial charge < -0.3 is 29.0 Å². The molecule has 39 heavy (non-hydrogen) atoms. The van der Waals surface area contributed by atoms with Crippen molar-refractivity contribution >= 4 is 17.0 Å². The lowest BCUT2D eigenvalue weighted by Gasteiger charge is -2.40. The molecule has 0 N–H and O–H groups in total. The first-order valence-electron chi connectivity index (χ1n) is 13.4. The van der Waals surface area contributed by atoms with E-state index < -0.39 is 6.09 Å². The number of amides is 1. The number of rotatable bonds is 11. The van der Waals surface area contributed by atoms with Gasteiger partial charge >= 0.3 is 0 Å². The van der Waals surface area contributed by atoms with Gasteiger partial charge in [-0.25, -0.2) is 0 Å². The van der Waals surface area contributed by atoms with E-state index >= 15 is 0 Å². The number of likely N-dealkylation sites (tertiary alicyclic amines) is 1. The van der Waals surface area contributed by atoms with Crippen LogP contribution in [0.3, 0.4) is 0 Å². The molecule has 1 aromatic heterocycles. The number of carbonyl (C=O) groups excluding carboxylic acids is 1. The van der Waals surface area contributed by atoms with Crippen molar-refractivity contribution in [1.82, 2.24) is 9.88 Å². The molecule has 0 spiro atoms. The molecule has 202 valence electrons. The number of piperidine rings is 1. The molecule has 0 bridgehead atoms. The average molecular weight is 526 g/mol. The molecule has 1 fully saturated rings. The van der Waals surface area contributed by atoms with Crippen molar-refractivity contribution in [2.75, 3.05) is 26.3 Å². The quantitative estimate of drug-likeness (QED) is 0.258. The third-order valence-corrected chi connectivity index (χ3v) is 7.07. The summed E-state index contributed by atoms with van der Waals surface area (Å²) >= 11 is 0. The Bertz CT molecular complexity index is 1350. The van der Waals surface area contributed by atoms with Crippen molar-refractivity contribution in [2.24, 2.45) is 0 Å². The minimum Gasteiger partial charge on any atom is -0.530 e. The number of carbonyl (C=O) groups is 1. The predicted octanol–water partition coefficient (Wildman–Crippen LogP) is 4.94. The molecule has 3 aromatic carbocycles. The van der Waals surface area contributed by atoms with E-state index in [0.717, 1.165) is 39.8 Å². The molecule has 7 nitrogen and oxygen atoms in total. The molecule has 5 rings (SSSR count). The smallest absolute Gasteiger partial charge is 0.137 e. The second-order valence-electron chi connectivity index (χ2n) is 9.80. The standard InChI is InChI=1S/C32H34N2O5/c35-32(36)34-17-15-29(31(21-34)39-23-25-9-10-27-8-4-16-33-30(27)20-25)26-11-13-28(14-12-26)38-19-5-18-37-22-24-6-2-1-3-7-24/h1-4,6-14,16,20,29,31H,5,15,17-19,21-23H2,(H,35,36)/p-1. The van der Waals surface area contributed by atoms with E-state index in [0.29, 0.717) is 39.4 Å². The zero-order valence-electron chi connectivity index (χ0n) is 21.9. The molecule has 1 amide bonds. The summed E-state index contributed by atoms with van der Waals surface area (Å²) in [4.78, 5) is 17.3. The van der Waals surface area contributed by atoms with Crippen LogP contribution in [0.2, 0.25) is 0 Å². The van der Waals surface area contributed by atoms with Crippen LogP contribution >= 0.6 is 0 Å². The Morgan fingerprint density at radius 1 is 0.923 bits per heavy atom. The zero-order valence-corrected chi connectivity index (χ0v) is 21.9. The maximum Gasteiger partial charge on any atom is 0.137 e. The van der Waals surface area contributed by atoms with Gasteiger partial charge in [-0.15, -0.1) is 0 Å². The number of hydrogen-bond acceptors (Lipinski definition) is 6. The van der Waals surface area contributed by atoms with Crippen LogP contribution in [0, 0.1) is 0 Å². The van der Waals surface area contributed by atoms with Gasteiger partial charge in [-0.2, -0.15) is 0 Å². The van der Waals surface area contributed by atoms with E-state index in [4.69, 9.17) is 14.2 Å². The van der Waals surface area contributed by atoms with Gasteiger partial charge in [0.05, 0.1) is 38.0 Å². The molecular formula is C32H33N2O5-. The Morgan fingerprint density at radius 3 is 2.59 bits per heavy atom. The number of pyridine rings is 1. The number of ether oxygens (including phenoxy) is 3. The molecule has 7 heteroatoms. The van der Waals surface area contributed by atoms with Crippen molar-refractivity contribution in [3.05, 3.63) is 108 Å². The minimum atomic E-state index is -1.16. The monoisotopic (exact) mass is 525 g/mol. The SMILES string of the molecule is O=C([O-])N1CCC(c2ccc(OCCCOCc3ccccc3)cc2)C(OCc2ccc3cccnc3c2)C1. The maximum atomic E-state index is 11.6. The van der Waals surface area contributed by atoms with Gasteiger partial charge in [0.15, 0.2) is 0 Å². The molecular weight excluding hydrogens is 492 g/mol. The van der Waals surface area contributed by atoms with Crippen LogP contribution in [0.25, 0.3) is 10.9 Å². The summed E-state index contributed by atoms with van der Waals surface area (Å²) in [5, 5.41) is 12.6. The summed E-state index contributed by atoms with van der Waals surface area (Å²) in [6.07, 6.45) is 1.79. The van der Waals surface area contributed by atoms with E-state index in [2.05, 4.69) is 29.2 Å². The Kier molecular flexibility index (Phi) is 9.04. The molecule has 0 radical (unpaired) electrons. The highest BCUT2D eigenvalue weighted by Crippen LogP contribution is 2.32. The fraction of sp³-hybridized carbons (Fsp3) is 0.312. The fourth-order valence-corrected chi connectivity index (χ4v) is 4.96. The van der Waals surface area contributed by atoms with Gasteiger partial charge in [0, 0.05) is 37.0 Å². The third-order valence-electron chi connectivity index (χ3n) is 7.07. The summed E-state index contributed by atoms with van der Waals surface area (Å²) in [6, 6.07) is 28.2. The summed E-state index contributed by atoms with van der Waals surface area (Å²) in [6.45, 7) is 2.89. The van der Waals surface area contributed by atoms with Gasteiger partial charge in [-0.05, 0) is 47.4 Å². The Morgan fingerprint density at radius 2 is 1.77 bits per heavy atom. The number of benzene rings is 3. The topological polar surface area (TPSA) is 84.0 Å². The second kappa shape index (κ2) is 13.2. The lowest BCUT2D eigenvalue weighted by atomic mass is 9.87. The van der Waals surface area contributed by atoms with Gasteiger partial charge in [-0.1, -0.05) is 60.7 Å². The zero-order chi connectivity index (χ0) is 26.9. The second-order valence-corrected chi connectivity index (χ2v) is 9.80. The van der Waals surface area contributed by atoms with Crippen LogP contribution < -0.4 is 9.84 Å². The molecule has 1 aliphatic heterocycles. The molecule has 1 aliphatic rings. The Hall–Kier alpha value is -3.94. The van der Waals surface area contributed by atoms with Gasteiger partial charge in [-0.3, -0.25) is 4.98 Å². The van der Waals surface area contributed by atoms with Crippen molar-refractivity contribution in [1.29, 1.82) is 0 Å². The largest absolute Gasteiger partial charge is 0.530 e. The average Bonchev–Trinajstić information content (AvgIpc) is 2.98. The first-order chi connectivity index (χ1) is 19.2. The molecule has 2 atom stereocenters. The van der Waals surface area contributed by atoms with E-state index in [9.17, 15) is 9.90 Å². The van der Waals surface area contributed by atoms with Crippen molar-refractivity contribution < 1.29 is 24.1 Å². The normalized spacial score (nSPS) is 17.3. The fourth-order valence-electron chi connectivity index (χ4n) is 4.96. The predicted molar refractivity (Wildman–Crippen MR) is 147 cm³/mol. The first-order valence-corrected chi connectivity index (χ1v) is 13.4. The lowest BCUT2D eigenvalue weighted by Crippen LogP contribution is -2.51. The van der Waals surface area contributed by atoms with Gasteiger partial charge in [0.1, 0.15) is 11.8 Å². The summed E-state index contributed by atoms with van der Waals surface area (Å²) < 4.78 is 18.0. The summed E-state index contributed by atoms with van der Waals surface area (Å²) in [5.74, 6) is 0.870.